The smallest absolute Gasteiger partial charge is 0.158 e. The van der Waals surface area contributed by atoms with Crippen molar-refractivity contribution in [2.75, 3.05) is 0 Å². The molecule has 0 spiro atoms. The minimum Gasteiger partial charge on any atom is -0.226 e. The molecule has 0 fully saturated rings. The van der Waals surface area contributed by atoms with Crippen molar-refractivity contribution in [1.29, 1.82) is 0 Å². The first-order chi connectivity index (χ1) is 5.36. The molecule has 0 aliphatic rings. The summed E-state index contributed by atoms with van der Waals surface area (Å²) in [5, 5.41) is 8.67. The summed E-state index contributed by atoms with van der Waals surface area (Å²) in [6, 6.07) is 0. The second-order valence-corrected chi connectivity index (χ2v) is 3.54. The van der Waals surface area contributed by atoms with E-state index in [1.54, 1.807) is 17.1 Å². The highest BCUT2D eigenvalue weighted by atomic mass is 79.9. The maximum Gasteiger partial charge on any atom is 0.158 e. The average molecular weight is 231 g/mol. The van der Waals surface area contributed by atoms with E-state index in [9.17, 15) is 0 Å². The summed E-state index contributed by atoms with van der Waals surface area (Å²) in [7, 11) is 0. The maximum absolute atomic E-state index is 4.06. The molecule has 2 heterocycles. The number of rotatable bonds is 1. The number of hydrogen-bond donors (Lipinski definition) is 0. The average Bonchev–Trinajstić information content (AvgIpc) is 2.55. The van der Waals surface area contributed by atoms with Crippen molar-refractivity contribution in [3.63, 3.8) is 0 Å². The molecule has 0 aliphatic heterocycles. The molecule has 2 rings (SSSR count). The van der Waals surface area contributed by atoms with Gasteiger partial charge in [-0.25, -0.2) is 4.68 Å². The zero-order valence-electron chi connectivity index (χ0n) is 5.31. The predicted octanol–water partition coefficient (Wildman–Crippen LogP) is 1.49. The van der Waals surface area contributed by atoms with Crippen LogP contribution >= 0.6 is 27.5 Å². The molecule has 0 bridgehead atoms. The largest absolute Gasteiger partial charge is 0.226 e. The molecule has 0 saturated heterocycles. The van der Waals surface area contributed by atoms with Crippen LogP contribution in [-0.4, -0.2) is 19.4 Å². The lowest BCUT2D eigenvalue weighted by Crippen LogP contribution is -1.88. The van der Waals surface area contributed by atoms with Crippen LogP contribution in [0.15, 0.2) is 23.1 Å². The standard InChI is InChI=1S/C5H3BrN4S/c6-4-1-8-10(3-4)5-2-7-9-11-5/h1-3H. The number of aromatic nitrogens is 4. The molecular weight excluding hydrogens is 228 g/mol. The number of halogens is 1. The zero-order chi connectivity index (χ0) is 7.68. The Morgan fingerprint density at radius 2 is 2.36 bits per heavy atom. The van der Waals surface area contributed by atoms with Crippen LogP contribution in [0.4, 0.5) is 0 Å². The minimum absolute atomic E-state index is 0.913. The van der Waals surface area contributed by atoms with E-state index in [1.807, 2.05) is 6.20 Å². The van der Waals surface area contributed by atoms with Gasteiger partial charge in [0, 0.05) is 17.7 Å². The normalized spacial score (nSPS) is 10.3. The van der Waals surface area contributed by atoms with Crippen LogP contribution in [0.3, 0.4) is 0 Å². The van der Waals surface area contributed by atoms with Crippen molar-refractivity contribution in [1.82, 2.24) is 19.4 Å². The van der Waals surface area contributed by atoms with Crippen LogP contribution in [0.5, 0.6) is 0 Å². The van der Waals surface area contributed by atoms with Gasteiger partial charge in [0.25, 0.3) is 0 Å². The van der Waals surface area contributed by atoms with Crippen molar-refractivity contribution in [2.45, 2.75) is 0 Å². The second kappa shape index (κ2) is 2.71. The van der Waals surface area contributed by atoms with Gasteiger partial charge in [-0.2, -0.15) is 5.10 Å². The van der Waals surface area contributed by atoms with E-state index in [-0.39, 0.29) is 0 Å². The Hall–Kier alpha value is -0.750. The van der Waals surface area contributed by atoms with Crippen LogP contribution in [0.25, 0.3) is 5.00 Å². The van der Waals surface area contributed by atoms with E-state index in [0.717, 1.165) is 9.47 Å². The van der Waals surface area contributed by atoms with Crippen LogP contribution < -0.4 is 0 Å². The Morgan fingerprint density at radius 3 is 2.91 bits per heavy atom. The Bertz CT molecular complexity index is 341. The van der Waals surface area contributed by atoms with Gasteiger partial charge in [0.05, 0.1) is 16.9 Å². The lowest BCUT2D eigenvalue weighted by molar-refractivity contribution is 0.893. The molecule has 0 aromatic carbocycles. The molecular formula is C5H3BrN4S. The molecule has 11 heavy (non-hydrogen) atoms. The Balaban J connectivity index is 2.45. The molecule has 0 unspecified atom stereocenters. The summed E-state index contributed by atoms with van der Waals surface area (Å²) in [5.41, 5.74) is 0. The number of nitrogens with zero attached hydrogens (tertiary/aromatic N) is 4. The predicted molar refractivity (Wildman–Crippen MR) is 44.7 cm³/mol. The third-order valence-corrected chi connectivity index (χ3v) is 2.19. The Morgan fingerprint density at radius 1 is 1.45 bits per heavy atom. The van der Waals surface area contributed by atoms with Crippen molar-refractivity contribution in [2.24, 2.45) is 0 Å². The van der Waals surface area contributed by atoms with Crippen molar-refractivity contribution < 1.29 is 0 Å². The quantitative estimate of drug-likeness (QED) is 0.746. The summed E-state index contributed by atoms with van der Waals surface area (Å²) >= 11 is 4.61. The maximum atomic E-state index is 4.06. The summed E-state index contributed by atoms with van der Waals surface area (Å²) in [5.74, 6) is 0. The SMILES string of the molecule is Brc1cnn(-c2cnns2)c1. The second-order valence-electron chi connectivity index (χ2n) is 1.86. The van der Waals surface area contributed by atoms with E-state index in [1.165, 1.54) is 11.5 Å². The fourth-order valence-electron chi connectivity index (χ4n) is 0.684. The van der Waals surface area contributed by atoms with Gasteiger partial charge in [-0.15, -0.1) is 5.10 Å². The summed E-state index contributed by atoms with van der Waals surface area (Å²) in [6.45, 7) is 0. The number of hydrogen-bond acceptors (Lipinski definition) is 4. The molecule has 0 atom stereocenters. The molecule has 6 heteroatoms. The minimum atomic E-state index is 0.913. The summed E-state index contributed by atoms with van der Waals surface area (Å²) < 4.78 is 6.39. The Labute approximate surface area is 75.2 Å². The van der Waals surface area contributed by atoms with Gasteiger partial charge in [-0.1, -0.05) is 4.49 Å². The molecule has 4 nitrogen and oxygen atoms in total. The van der Waals surface area contributed by atoms with E-state index >= 15 is 0 Å². The van der Waals surface area contributed by atoms with Gasteiger partial charge >= 0.3 is 0 Å². The van der Waals surface area contributed by atoms with E-state index < -0.39 is 0 Å². The first-order valence-electron chi connectivity index (χ1n) is 2.84. The first kappa shape index (κ1) is 6.93. The zero-order valence-corrected chi connectivity index (χ0v) is 7.71. The molecule has 56 valence electrons. The van der Waals surface area contributed by atoms with Crippen LogP contribution in [0.1, 0.15) is 0 Å². The van der Waals surface area contributed by atoms with Gasteiger partial charge < -0.3 is 0 Å². The van der Waals surface area contributed by atoms with Gasteiger partial charge in [-0.3, -0.25) is 0 Å². The highest BCUT2D eigenvalue weighted by Crippen LogP contribution is 2.13. The third-order valence-electron chi connectivity index (χ3n) is 1.13. The molecule has 2 aromatic heterocycles. The van der Waals surface area contributed by atoms with E-state index in [2.05, 4.69) is 30.6 Å². The van der Waals surface area contributed by atoms with Crippen LogP contribution in [0, 0.1) is 0 Å². The molecule has 0 saturated carbocycles. The first-order valence-corrected chi connectivity index (χ1v) is 4.41. The Kier molecular flexibility index (Phi) is 1.71. The van der Waals surface area contributed by atoms with Crippen molar-refractivity contribution in [3.05, 3.63) is 23.1 Å². The highest BCUT2D eigenvalue weighted by molar-refractivity contribution is 9.10. The monoisotopic (exact) mass is 230 g/mol. The fourth-order valence-corrected chi connectivity index (χ4v) is 1.43. The molecule has 0 N–H and O–H groups in total. The lowest BCUT2D eigenvalue weighted by atomic mass is 10.7. The van der Waals surface area contributed by atoms with Gasteiger partial charge in [0.15, 0.2) is 5.00 Å². The van der Waals surface area contributed by atoms with Crippen LogP contribution in [0.2, 0.25) is 0 Å². The van der Waals surface area contributed by atoms with Gasteiger partial charge in [-0.05, 0) is 15.9 Å². The topological polar surface area (TPSA) is 43.6 Å². The van der Waals surface area contributed by atoms with Gasteiger partial charge in [0.2, 0.25) is 0 Å². The molecule has 0 amide bonds. The molecule has 2 aromatic rings. The van der Waals surface area contributed by atoms with Crippen molar-refractivity contribution >= 4 is 27.5 Å². The van der Waals surface area contributed by atoms with Crippen LogP contribution in [-0.2, 0) is 0 Å². The third kappa shape index (κ3) is 1.31. The molecule has 0 aliphatic carbocycles. The van der Waals surface area contributed by atoms with Crippen molar-refractivity contribution in [3.8, 4) is 5.00 Å². The highest BCUT2D eigenvalue weighted by Gasteiger charge is 1.99. The molecule has 0 radical (unpaired) electrons. The van der Waals surface area contributed by atoms with E-state index in [4.69, 9.17) is 0 Å². The summed E-state index contributed by atoms with van der Waals surface area (Å²) in [6.07, 6.45) is 5.25. The lowest BCUT2D eigenvalue weighted by Gasteiger charge is -1.89. The van der Waals surface area contributed by atoms with Gasteiger partial charge in [0.1, 0.15) is 0 Å². The van der Waals surface area contributed by atoms with E-state index in [0.29, 0.717) is 0 Å². The summed E-state index contributed by atoms with van der Waals surface area (Å²) in [4.78, 5) is 0. The fraction of sp³-hybridized carbons (Fsp3) is 0.